The third kappa shape index (κ3) is 6.70. The minimum atomic E-state index is -1.01. The van der Waals surface area contributed by atoms with E-state index in [1.54, 1.807) is 12.1 Å². The van der Waals surface area contributed by atoms with Gasteiger partial charge in [0.05, 0.1) is 22.2 Å². The Bertz CT molecular complexity index is 1370. The predicted molar refractivity (Wildman–Crippen MR) is 139 cm³/mol. The van der Waals surface area contributed by atoms with E-state index in [1.807, 2.05) is 46.8 Å². The van der Waals surface area contributed by atoms with E-state index in [2.05, 4.69) is 0 Å². The molecule has 3 rings (SSSR count). The Morgan fingerprint density at radius 3 is 2.14 bits per heavy atom. The van der Waals surface area contributed by atoms with Crippen LogP contribution >= 0.6 is 0 Å². The number of hydrogen-bond donors (Lipinski definition) is 1. The largest absolute Gasteiger partial charge is 0.460 e. The van der Waals surface area contributed by atoms with E-state index in [4.69, 9.17) is 10.5 Å². The molecule has 0 aliphatic heterocycles. The SMILES string of the molecule is CC(C)(C)OC(=O)C(C)(C)CCCc1ccc(-n2c(N)c(C(=O)c3ccc(F)cc3F)ccc2=O)cc1. The summed E-state index contributed by atoms with van der Waals surface area (Å²) in [6.07, 6.45) is 2.10. The molecule has 3 aromatic rings. The molecule has 6 nitrogen and oxygen atoms in total. The zero-order valence-corrected chi connectivity index (χ0v) is 21.7. The molecule has 0 radical (unpaired) electrons. The Balaban J connectivity index is 1.76. The van der Waals surface area contributed by atoms with Crippen molar-refractivity contribution >= 4 is 17.6 Å². The fourth-order valence-corrected chi connectivity index (χ4v) is 3.90. The second-order valence-corrected chi connectivity index (χ2v) is 10.7. The molecule has 37 heavy (non-hydrogen) atoms. The lowest BCUT2D eigenvalue weighted by Gasteiger charge is -2.28. The van der Waals surface area contributed by atoms with Gasteiger partial charge in [-0.05, 0) is 89.8 Å². The van der Waals surface area contributed by atoms with E-state index in [1.165, 1.54) is 16.7 Å². The minimum Gasteiger partial charge on any atom is -0.460 e. The van der Waals surface area contributed by atoms with Gasteiger partial charge in [-0.15, -0.1) is 0 Å². The Morgan fingerprint density at radius 2 is 1.54 bits per heavy atom. The lowest BCUT2D eigenvalue weighted by Crippen LogP contribution is -2.33. The lowest BCUT2D eigenvalue weighted by molar-refractivity contribution is -0.166. The summed E-state index contributed by atoms with van der Waals surface area (Å²) in [4.78, 5) is 37.9. The number of nitrogens with zero attached hydrogens (tertiary/aromatic N) is 1. The number of pyridine rings is 1. The molecule has 0 amide bonds. The van der Waals surface area contributed by atoms with Crippen LogP contribution in [0.4, 0.5) is 14.6 Å². The van der Waals surface area contributed by atoms with Gasteiger partial charge in [-0.3, -0.25) is 19.0 Å². The smallest absolute Gasteiger partial charge is 0.312 e. The van der Waals surface area contributed by atoms with Crippen LogP contribution in [0.25, 0.3) is 5.69 Å². The monoisotopic (exact) mass is 510 g/mol. The first-order valence-electron chi connectivity index (χ1n) is 12.0. The molecule has 0 fully saturated rings. The first-order valence-corrected chi connectivity index (χ1v) is 12.0. The van der Waals surface area contributed by atoms with Crippen molar-refractivity contribution in [3.8, 4) is 5.69 Å². The number of aromatic nitrogens is 1. The van der Waals surface area contributed by atoms with Gasteiger partial charge in [0.25, 0.3) is 5.56 Å². The fraction of sp³-hybridized carbons (Fsp3) is 0.345. The van der Waals surface area contributed by atoms with Crippen molar-refractivity contribution in [1.82, 2.24) is 4.57 Å². The van der Waals surface area contributed by atoms with Gasteiger partial charge in [-0.2, -0.15) is 0 Å². The molecule has 0 atom stereocenters. The van der Waals surface area contributed by atoms with Crippen molar-refractivity contribution in [3.63, 3.8) is 0 Å². The Morgan fingerprint density at radius 1 is 0.919 bits per heavy atom. The second-order valence-electron chi connectivity index (χ2n) is 10.7. The maximum atomic E-state index is 14.2. The van der Waals surface area contributed by atoms with Crippen molar-refractivity contribution in [2.24, 2.45) is 5.41 Å². The predicted octanol–water partition coefficient (Wildman–Crippen LogP) is 5.62. The highest BCUT2D eigenvalue weighted by Gasteiger charge is 2.32. The van der Waals surface area contributed by atoms with Crippen molar-refractivity contribution in [2.45, 2.75) is 59.5 Å². The molecule has 0 unspecified atom stereocenters. The molecule has 0 bridgehead atoms. The van der Waals surface area contributed by atoms with E-state index in [9.17, 15) is 23.2 Å². The number of hydrogen-bond acceptors (Lipinski definition) is 5. The van der Waals surface area contributed by atoms with Crippen LogP contribution in [0.2, 0.25) is 0 Å². The van der Waals surface area contributed by atoms with Crippen molar-refractivity contribution in [1.29, 1.82) is 0 Å². The summed E-state index contributed by atoms with van der Waals surface area (Å²) < 4.78 is 34.1. The summed E-state index contributed by atoms with van der Waals surface area (Å²) in [5, 5.41) is 0. The standard InChI is InChI=1S/C29H32F2N2O4/c1-28(2,3)37-27(36)29(4,5)16-6-7-18-8-11-20(12-9-18)33-24(34)15-14-22(26(33)32)25(35)21-13-10-19(30)17-23(21)31/h8-15,17H,6-7,16,32H2,1-5H3. The fourth-order valence-electron chi connectivity index (χ4n) is 3.90. The van der Waals surface area contributed by atoms with Gasteiger partial charge in [0, 0.05) is 12.1 Å². The van der Waals surface area contributed by atoms with E-state index < -0.39 is 34.0 Å². The molecule has 0 saturated heterocycles. The first kappa shape index (κ1) is 27.8. The molecule has 196 valence electrons. The number of carbonyl (C=O) groups excluding carboxylic acids is 2. The third-order valence-corrected chi connectivity index (χ3v) is 5.96. The van der Waals surface area contributed by atoms with Crippen LogP contribution in [0.1, 0.15) is 68.9 Å². The number of rotatable bonds is 8. The van der Waals surface area contributed by atoms with E-state index in [0.717, 1.165) is 24.1 Å². The van der Waals surface area contributed by atoms with Gasteiger partial charge in [0.2, 0.25) is 0 Å². The molecular weight excluding hydrogens is 478 g/mol. The van der Waals surface area contributed by atoms with Gasteiger partial charge in [-0.25, -0.2) is 8.78 Å². The molecule has 2 aromatic carbocycles. The maximum Gasteiger partial charge on any atom is 0.312 e. The quantitative estimate of drug-likeness (QED) is 0.314. The van der Waals surface area contributed by atoms with Crippen molar-refractivity contribution < 1.29 is 23.1 Å². The highest BCUT2D eigenvalue weighted by molar-refractivity contribution is 6.11. The van der Waals surface area contributed by atoms with Crippen LogP contribution in [0.3, 0.4) is 0 Å². The molecule has 0 aliphatic carbocycles. The maximum absolute atomic E-state index is 14.2. The summed E-state index contributed by atoms with van der Waals surface area (Å²) in [6, 6.07) is 12.2. The van der Waals surface area contributed by atoms with Crippen LogP contribution < -0.4 is 11.3 Å². The number of carbonyl (C=O) groups is 2. The molecule has 8 heteroatoms. The van der Waals surface area contributed by atoms with E-state index in [-0.39, 0.29) is 22.9 Å². The van der Waals surface area contributed by atoms with Crippen molar-refractivity contribution in [3.05, 3.63) is 93.3 Å². The first-order chi connectivity index (χ1) is 17.2. The molecular formula is C29H32F2N2O4. The summed E-state index contributed by atoms with van der Waals surface area (Å²) in [5.41, 5.74) is 5.58. The minimum absolute atomic E-state index is 0.0708. The number of nitrogens with two attached hydrogens (primary N) is 1. The van der Waals surface area contributed by atoms with E-state index >= 15 is 0 Å². The zero-order valence-electron chi connectivity index (χ0n) is 21.7. The number of halogens is 2. The number of aryl methyl sites for hydroxylation is 1. The number of esters is 1. The number of benzene rings is 2. The number of ketones is 1. The molecule has 1 heterocycles. The Labute approximate surface area is 215 Å². The Hall–Kier alpha value is -3.81. The van der Waals surface area contributed by atoms with Crippen LogP contribution in [-0.4, -0.2) is 21.9 Å². The molecule has 0 aliphatic rings. The van der Waals surface area contributed by atoms with Crippen LogP contribution in [0, 0.1) is 17.0 Å². The van der Waals surface area contributed by atoms with E-state index in [0.29, 0.717) is 24.6 Å². The molecule has 1 aromatic heterocycles. The average Bonchev–Trinajstić information content (AvgIpc) is 2.78. The van der Waals surface area contributed by atoms with Crippen LogP contribution in [0.5, 0.6) is 0 Å². The number of ether oxygens (including phenoxy) is 1. The van der Waals surface area contributed by atoms with Gasteiger partial charge >= 0.3 is 5.97 Å². The molecule has 0 saturated carbocycles. The summed E-state index contributed by atoms with van der Waals surface area (Å²) in [5.74, 6) is -2.96. The van der Waals surface area contributed by atoms with Gasteiger partial charge in [0.15, 0.2) is 5.78 Å². The zero-order chi connectivity index (χ0) is 27.5. The number of anilines is 1. The summed E-state index contributed by atoms with van der Waals surface area (Å²) in [7, 11) is 0. The lowest BCUT2D eigenvalue weighted by atomic mass is 9.86. The summed E-state index contributed by atoms with van der Waals surface area (Å²) >= 11 is 0. The van der Waals surface area contributed by atoms with Gasteiger partial charge < -0.3 is 10.5 Å². The third-order valence-electron chi connectivity index (χ3n) is 5.96. The summed E-state index contributed by atoms with van der Waals surface area (Å²) in [6.45, 7) is 9.25. The van der Waals surface area contributed by atoms with Crippen LogP contribution in [0.15, 0.2) is 59.4 Å². The second kappa shape index (κ2) is 10.7. The Kier molecular flexibility index (Phi) is 8.00. The molecule has 2 N–H and O–H groups in total. The molecule has 0 spiro atoms. The highest BCUT2D eigenvalue weighted by Crippen LogP contribution is 2.28. The topological polar surface area (TPSA) is 91.4 Å². The average molecular weight is 511 g/mol. The number of nitrogen functional groups attached to an aromatic ring is 1. The normalized spacial score (nSPS) is 11.9. The van der Waals surface area contributed by atoms with Crippen LogP contribution in [-0.2, 0) is 16.0 Å². The van der Waals surface area contributed by atoms with Gasteiger partial charge in [-0.1, -0.05) is 12.1 Å². The highest BCUT2D eigenvalue weighted by atomic mass is 19.1. The van der Waals surface area contributed by atoms with Crippen molar-refractivity contribution in [2.75, 3.05) is 5.73 Å². The van der Waals surface area contributed by atoms with Gasteiger partial charge in [0.1, 0.15) is 23.1 Å².